The van der Waals surface area contributed by atoms with Crippen molar-refractivity contribution in [1.29, 1.82) is 0 Å². The molecule has 3 heteroatoms. The van der Waals surface area contributed by atoms with E-state index in [0.717, 1.165) is 12.8 Å². The minimum absolute atomic E-state index is 0.00516. The number of aliphatic hydroxyl groups excluding tert-OH is 1. The lowest BCUT2D eigenvalue weighted by molar-refractivity contribution is 0.140. The number of benzene rings is 2. The second-order valence-electron chi connectivity index (χ2n) is 8.02. The predicted molar refractivity (Wildman–Crippen MR) is 109 cm³/mol. The van der Waals surface area contributed by atoms with Crippen LogP contribution in [-0.2, 0) is 4.43 Å². The van der Waals surface area contributed by atoms with E-state index < -0.39 is 8.32 Å². The van der Waals surface area contributed by atoms with Crippen LogP contribution >= 0.6 is 0 Å². The van der Waals surface area contributed by atoms with Gasteiger partial charge in [0.15, 0.2) is 0 Å². The highest BCUT2D eigenvalue weighted by Gasteiger charge is 2.50. The number of aliphatic hydroxyl groups is 1. The van der Waals surface area contributed by atoms with Crippen LogP contribution in [0.3, 0.4) is 0 Å². The SMILES string of the molecule is C[C@H](O)CC[C@H](C)O[Si](c1ccccc1)(c1ccccc1)C(C)(C)C. The van der Waals surface area contributed by atoms with Crippen molar-refractivity contribution in [2.75, 3.05) is 0 Å². The summed E-state index contributed by atoms with van der Waals surface area (Å²) in [5.74, 6) is 0. The Kier molecular flexibility index (Phi) is 6.61. The van der Waals surface area contributed by atoms with Gasteiger partial charge in [-0.05, 0) is 42.1 Å². The van der Waals surface area contributed by atoms with Crippen molar-refractivity contribution < 1.29 is 9.53 Å². The van der Waals surface area contributed by atoms with Gasteiger partial charge in [0.05, 0.1) is 6.10 Å². The molecule has 2 aromatic rings. The van der Waals surface area contributed by atoms with Gasteiger partial charge in [0, 0.05) is 6.10 Å². The van der Waals surface area contributed by atoms with Gasteiger partial charge in [-0.2, -0.15) is 0 Å². The molecular formula is C22H32O2Si. The van der Waals surface area contributed by atoms with Crippen molar-refractivity contribution in [3.63, 3.8) is 0 Å². The van der Waals surface area contributed by atoms with E-state index in [-0.39, 0.29) is 17.2 Å². The standard InChI is InChI=1S/C22H32O2Si/c1-18(23)16-17-19(2)24-25(22(3,4)5,20-12-8-6-9-13-20)21-14-10-7-11-15-21/h6-15,18-19,23H,16-17H2,1-5H3/t18-,19-/m0/s1. The lowest BCUT2D eigenvalue weighted by Gasteiger charge is -2.44. The Hall–Kier alpha value is -1.42. The van der Waals surface area contributed by atoms with Crippen molar-refractivity contribution in [1.82, 2.24) is 0 Å². The number of hydrogen-bond donors (Lipinski definition) is 1. The van der Waals surface area contributed by atoms with E-state index in [4.69, 9.17) is 4.43 Å². The van der Waals surface area contributed by atoms with Crippen LogP contribution < -0.4 is 10.4 Å². The summed E-state index contributed by atoms with van der Waals surface area (Å²) in [5.41, 5.74) is 0. The Labute approximate surface area is 154 Å². The molecule has 0 saturated heterocycles. The predicted octanol–water partition coefficient (Wildman–Crippen LogP) is 4.11. The van der Waals surface area contributed by atoms with E-state index in [1.165, 1.54) is 10.4 Å². The number of hydrogen-bond acceptors (Lipinski definition) is 2. The Bertz CT molecular complexity index is 593. The Balaban J connectivity index is 2.53. The van der Waals surface area contributed by atoms with Crippen LogP contribution in [-0.4, -0.2) is 25.6 Å². The highest BCUT2D eigenvalue weighted by molar-refractivity contribution is 6.99. The van der Waals surface area contributed by atoms with Gasteiger partial charge in [-0.25, -0.2) is 0 Å². The van der Waals surface area contributed by atoms with Gasteiger partial charge in [0.2, 0.25) is 0 Å². The maximum absolute atomic E-state index is 9.65. The van der Waals surface area contributed by atoms with E-state index in [1.807, 2.05) is 6.92 Å². The van der Waals surface area contributed by atoms with Gasteiger partial charge in [-0.15, -0.1) is 0 Å². The molecule has 0 saturated carbocycles. The minimum Gasteiger partial charge on any atom is -0.405 e. The van der Waals surface area contributed by atoms with Crippen molar-refractivity contribution in [3.8, 4) is 0 Å². The first-order valence-corrected chi connectivity index (χ1v) is 11.1. The van der Waals surface area contributed by atoms with Gasteiger partial charge >= 0.3 is 0 Å². The molecule has 2 atom stereocenters. The summed E-state index contributed by atoms with van der Waals surface area (Å²) in [4.78, 5) is 0. The molecule has 0 aliphatic heterocycles. The summed E-state index contributed by atoms with van der Waals surface area (Å²) in [7, 11) is -2.47. The molecular weight excluding hydrogens is 324 g/mol. The molecule has 0 aliphatic rings. The summed E-state index contributed by atoms with van der Waals surface area (Å²) in [6, 6.07) is 21.4. The summed E-state index contributed by atoms with van der Waals surface area (Å²) < 4.78 is 6.95. The maximum atomic E-state index is 9.65. The van der Waals surface area contributed by atoms with Crippen molar-refractivity contribution in [2.45, 2.75) is 64.7 Å². The first-order chi connectivity index (χ1) is 11.8. The van der Waals surface area contributed by atoms with Crippen LogP contribution in [0.5, 0.6) is 0 Å². The lowest BCUT2D eigenvalue weighted by Crippen LogP contribution is -2.67. The van der Waals surface area contributed by atoms with Gasteiger partial charge in [-0.3, -0.25) is 0 Å². The van der Waals surface area contributed by atoms with Crippen LogP contribution in [0.15, 0.2) is 60.7 Å². The summed E-state index contributed by atoms with van der Waals surface area (Å²) >= 11 is 0. The first kappa shape index (κ1) is 19.9. The van der Waals surface area contributed by atoms with Gasteiger partial charge < -0.3 is 9.53 Å². The summed E-state index contributed by atoms with van der Waals surface area (Å²) in [6.07, 6.45) is 1.44. The van der Waals surface area contributed by atoms with Crippen LogP contribution in [0.25, 0.3) is 0 Å². The molecule has 0 heterocycles. The minimum atomic E-state index is -2.47. The normalized spacial score (nSPS) is 15.0. The fourth-order valence-corrected chi connectivity index (χ4v) is 8.26. The third kappa shape index (κ3) is 4.60. The molecule has 0 bridgehead atoms. The maximum Gasteiger partial charge on any atom is 0.261 e. The molecule has 0 fully saturated rings. The van der Waals surface area contributed by atoms with Gasteiger partial charge in [-0.1, -0.05) is 81.4 Å². The molecule has 0 amide bonds. The highest BCUT2D eigenvalue weighted by Crippen LogP contribution is 2.37. The molecule has 0 aromatic heterocycles. The monoisotopic (exact) mass is 356 g/mol. The van der Waals surface area contributed by atoms with E-state index in [2.05, 4.69) is 88.4 Å². The summed E-state index contributed by atoms with van der Waals surface area (Å²) in [5, 5.41) is 12.3. The van der Waals surface area contributed by atoms with Crippen molar-refractivity contribution in [3.05, 3.63) is 60.7 Å². The third-order valence-corrected chi connectivity index (χ3v) is 9.95. The molecule has 136 valence electrons. The zero-order valence-electron chi connectivity index (χ0n) is 16.2. The molecule has 0 aliphatic carbocycles. The molecule has 2 aromatic carbocycles. The largest absolute Gasteiger partial charge is 0.405 e. The average molecular weight is 357 g/mol. The van der Waals surface area contributed by atoms with Crippen molar-refractivity contribution >= 4 is 18.7 Å². The van der Waals surface area contributed by atoms with Gasteiger partial charge in [0.1, 0.15) is 0 Å². The molecule has 25 heavy (non-hydrogen) atoms. The fourth-order valence-electron chi connectivity index (χ4n) is 3.53. The van der Waals surface area contributed by atoms with Crippen LogP contribution in [0.2, 0.25) is 5.04 Å². The van der Waals surface area contributed by atoms with Crippen LogP contribution in [0.4, 0.5) is 0 Å². The Morgan fingerprint density at radius 2 is 1.28 bits per heavy atom. The highest BCUT2D eigenvalue weighted by atomic mass is 28.4. The molecule has 0 radical (unpaired) electrons. The first-order valence-electron chi connectivity index (χ1n) is 9.24. The van der Waals surface area contributed by atoms with Crippen molar-refractivity contribution in [2.24, 2.45) is 0 Å². The Morgan fingerprint density at radius 3 is 1.64 bits per heavy atom. The zero-order chi connectivity index (χ0) is 18.5. The molecule has 0 spiro atoms. The second kappa shape index (κ2) is 8.30. The van der Waals surface area contributed by atoms with E-state index in [1.54, 1.807) is 0 Å². The zero-order valence-corrected chi connectivity index (χ0v) is 17.2. The van der Waals surface area contributed by atoms with E-state index >= 15 is 0 Å². The molecule has 1 N–H and O–H groups in total. The summed E-state index contributed by atoms with van der Waals surface area (Å²) in [6.45, 7) is 10.9. The molecule has 2 nitrogen and oxygen atoms in total. The van der Waals surface area contributed by atoms with E-state index in [9.17, 15) is 5.11 Å². The average Bonchev–Trinajstić information content (AvgIpc) is 2.58. The van der Waals surface area contributed by atoms with Gasteiger partial charge in [0.25, 0.3) is 8.32 Å². The smallest absolute Gasteiger partial charge is 0.261 e. The molecule has 2 rings (SSSR count). The topological polar surface area (TPSA) is 29.5 Å². The van der Waals surface area contributed by atoms with E-state index in [0.29, 0.717) is 0 Å². The lowest BCUT2D eigenvalue weighted by atomic mass is 10.1. The van der Waals surface area contributed by atoms with Crippen LogP contribution in [0, 0.1) is 0 Å². The second-order valence-corrected chi connectivity index (χ2v) is 12.3. The number of rotatable bonds is 7. The Morgan fingerprint density at radius 1 is 0.840 bits per heavy atom. The van der Waals surface area contributed by atoms with Crippen LogP contribution in [0.1, 0.15) is 47.5 Å². The molecule has 0 unspecified atom stereocenters. The fraction of sp³-hybridized carbons (Fsp3) is 0.455. The quantitative estimate of drug-likeness (QED) is 0.757. The third-order valence-electron chi connectivity index (χ3n) is 4.79.